The molecule has 2 aliphatic rings. The summed E-state index contributed by atoms with van der Waals surface area (Å²) >= 11 is 0. The summed E-state index contributed by atoms with van der Waals surface area (Å²) in [4.78, 5) is 4.87. The third kappa shape index (κ3) is 5.71. The van der Waals surface area contributed by atoms with Crippen LogP contribution in [0.15, 0.2) is 187 Å². The summed E-state index contributed by atoms with van der Waals surface area (Å²) in [6.45, 7) is 0. The first-order valence-electron chi connectivity index (χ1n) is 24.7. The lowest BCUT2D eigenvalue weighted by molar-refractivity contribution is 0.669. The van der Waals surface area contributed by atoms with E-state index in [4.69, 9.17) is 9.40 Å². The highest BCUT2D eigenvalue weighted by Gasteiger charge is 2.23. The van der Waals surface area contributed by atoms with Crippen molar-refractivity contribution >= 4 is 87.4 Å². The maximum absolute atomic E-state index is 6.58. The average molecular weight is 877 g/mol. The molecule has 0 aliphatic heterocycles. The molecule has 0 amide bonds. The van der Waals surface area contributed by atoms with Gasteiger partial charge in [-0.15, -0.1) is 0 Å². The van der Waals surface area contributed by atoms with Gasteiger partial charge in [-0.2, -0.15) is 0 Å². The topological polar surface area (TPSA) is 40.8 Å². The first-order chi connectivity index (χ1) is 33.7. The number of benzene rings is 8. The van der Waals surface area contributed by atoms with Crippen LogP contribution >= 0.6 is 0 Å². The van der Waals surface area contributed by atoms with Crippen LogP contribution in [-0.2, 0) is 0 Å². The first-order valence-corrected chi connectivity index (χ1v) is 24.7. The van der Waals surface area contributed by atoms with Gasteiger partial charge in [0, 0.05) is 48.8 Å². The molecule has 0 atom stereocenters. The quantitative estimate of drug-likeness (QED) is 0.167. The van der Waals surface area contributed by atoms with Crippen LogP contribution in [0.1, 0.15) is 74.3 Å². The van der Waals surface area contributed by atoms with Crippen molar-refractivity contribution in [3.05, 3.63) is 193 Å². The number of aromatic nitrogens is 4. The Kier molecular flexibility index (Phi) is 8.33. The van der Waals surface area contributed by atoms with Gasteiger partial charge >= 0.3 is 0 Å². The molecule has 0 spiro atoms. The summed E-state index contributed by atoms with van der Waals surface area (Å²) in [6, 6.07) is 63.4. The van der Waals surface area contributed by atoms with Crippen molar-refractivity contribution in [2.75, 3.05) is 0 Å². The molecule has 5 nitrogen and oxygen atoms in total. The van der Waals surface area contributed by atoms with Crippen LogP contribution in [0.3, 0.4) is 0 Å². The number of hydrogen-bond donors (Lipinski definition) is 0. The SMILES string of the molecule is c1ccc2c(c1)c1ccccc1n2-c1cncc(-n2c3ccccc3c3cc(-c4ccc5oc6ccc(-n7c8ccc(C9CCCC9)cc8c8cc(C9CCCC9)ccc87)cc6c5c4)ccc32)c1. The number of para-hydroxylation sites is 3. The normalized spacial score (nSPS) is 15.1. The predicted octanol–water partition coefficient (Wildman–Crippen LogP) is 17.3. The Hall–Kier alpha value is -7.89. The fraction of sp³-hybridized carbons (Fsp3) is 0.159. The van der Waals surface area contributed by atoms with Gasteiger partial charge in [-0.05, 0) is 151 Å². The summed E-state index contributed by atoms with van der Waals surface area (Å²) in [7, 11) is 0. The molecule has 2 fully saturated rings. The van der Waals surface area contributed by atoms with E-state index < -0.39 is 0 Å². The molecule has 13 aromatic rings. The van der Waals surface area contributed by atoms with Crippen molar-refractivity contribution in [2.45, 2.75) is 63.2 Å². The monoisotopic (exact) mass is 876 g/mol. The first kappa shape index (κ1) is 38.2. The molecule has 0 unspecified atom stereocenters. The number of fused-ring (bicyclic) bond motifs is 12. The van der Waals surface area contributed by atoms with Crippen LogP contribution in [-0.4, -0.2) is 18.7 Å². The third-order valence-electron chi connectivity index (χ3n) is 16.0. The van der Waals surface area contributed by atoms with E-state index >= 15 is 0 Å². The van der Waals surface area contributed by atoms with Crippen molar-refractivity contribution < 1.29 is 4.42 Å². The molecule has 68 heavy (non-hydrogen) atoms. The van der Waals surface area contributed by atoms with E-state index in [-0.39, 0.29) is 0 Å². The van der Waals surface area contributed by atoms with Gasteiger partial charge in [-0.25, -0.2) is 0 Å². The minimum Gasteiger partial charge on any atom is -0.456 e. The zero-order valence-electron chi connectivity index (χ0n) is 37.8. The molecular formula is C63H48N4O. The number of hydrogen-bond acceptors (Lipinski definition) is 2. The van der Waals surface area contributed by atoms with Gasteiger partial charge in [0.05, 0.1) is 56.9 Å². The molecule has 0 bridgehead atoms. The smallest absolute Gasteiger partial charge is 0.135 e. The highest BCUT2D eigenvalue weighted by Crippen LogP contribution is 2.44. The molecule has 5 heterocycles. The summed E-state index contributed by atoms with van der Waals surface area (Å²) < 4.78 is 13.8. The zero-order chi connectivity index (χ0) is 44.5. The molecule has 0 saturated heterocycles. The van der Waals surface area contributed by atoms with Crippen molar-refractivity contribution in [3.8, 4) is 28.2 Å². The summed E-state index contributed by atoms with van der Waals surface area (Å²) in [6.07, 6.45) is 14.6. The summed E-state index contributed by atoms with van der Waals surface area (Å²) in [5.41, 5.74) is 17.6. The second-order valence-corrected chi connectivity index (χ2v) is 19.7. The van der Waals surface area contributed by atoms with Gasteiger partial charge < -0.3 is 18.1 Å². The minimum absolute atomic E-state index is 0.672. The Balaban J connectivity index is 0.851. The average Bonchev–Trinajstić information content (AvgIpc) is 4.27. The van der Waals surface area contributed by atoms with Crippen molar-refractivity contribution in [3.63, 3.8) is 0 Å². The van der Waals surface area contributed by atoms with Gasteiger partial charge in [0.1, 0.15) is 11.2 Å². The Morgan fingerprint density at radius 3 is 1.31 bits per heavy atom. The Labute approximate surface area is 393 Å². The molecule has 5 heteroatoms. The van der Waals surface area contributed by atoms with Crippen molar-refractivity contribution in [2.24, 2.45) is 0 Å². The summed E-state index contributed by atoms with van der Waals surface area (Å²) in [5.74, 6) is 1.34. The van der Waals surface area contributed by atoms with E-state index in [1.807, 2.05) is 12.4 Å². The Morgan fingerprint density at radius 1 is 0.338 bits per heavy atom. The molecule has 0 N–H and O–H groups in total. The van der Waals surface area contributed by atoms with Crippen LogP contribution in [0, 0.1) is 0 Å². The summed E-state index contributed by atoms with van der Waals surface area (Å²) in [5, 5.41) is 9.92. The van der Waals surface area contributed by atoms with Gasteiger partial charge in [-0.1, -0.05) is 105 Å². The van der Waals surface area contributed by atoms with E-state index in [0.717, 1.165) is 49.9 Å². The molecule has 326 valence electrons. The van der Waals surface area contributed by atoms with Crippen molar-refractivity contribution in [1.29, 1.82) is 0 Å². The van der Waals surface area contributed by atoms with E-state index in [9.17, 15) is 0 Å². The lowest BCUT2D eigenvalue weighted by Crippen LogP contribution is -1.99. The minimum atomic E-state index is 0.672. The molecule has 8 aromatic carbocycles. The van der Waals surface area contributed by atoms with Crippen LogP contribution in [0.2, 0.25) is 0 Å². The van der Waals surface area contributed by atoms with Crippen LogP contribution in [0.5, 0.6) is 0 Å². The second-order valence-electron chi connectivity index (χ2n) is 19.7. The lowest BCUT2D eigenvalue weighted by Gasteiger charge is -2.12. The Morgan fingerprint density at radius 2 is 0.750 bits per heavy atom. The Bertz CT molecular complexity index is 4060. The maximum Gasteiger partial charge on any atom is 0.135 e. The van der Waals surface area contributed by atoms with Gasteiger partial charge in [-0.3, -0.25) is 4.98 Å². The predicted molar refractivity (Wildman–Crippen MR) is 282 cm³/mol. The molecule has 2 saturated carbocycles. The van der Waals surface area contributed by atoms with E-state index in [1.165, 1.54) is 128 Å². The lowest BCUT2D eigenvalue weighted by atomic mass is 9.94. The highest BCUT2D eigenvalue weighted by atomic mass is 16.3. The zero-order valence-corrected chi connectivity index (χ0v) is 37.8. The number of nitrogens with zero attached hydrogens (tertiary/aromatic N) is 4. The molecule has 0 radical (unpaired) electrons. The number of rotatable bonds is 6. The fourth-order valence-corrected chi connectivity index (χ4v) is 12.7. The van der Waals surface area contributed by atoms with Crippen LogP contribution < -0.4 is 0 Å². The van der Waals surface area contributed by atoms with Gasteiger partial charge in [0.15, 0.2) is 0 Å². The maximum atomic E-state index is 6.58. The third-order valence-corrected chi connectivity index (χ3v) is 16.0. The highest BCUT2D eigenvalue weighted by molar-refractivity contribution is 6.13. The van der Waals surface area contributed by atoms with E-state index in [0.29, 0.717) is 11.8 Å². The van der Waals surface area contributed by atoms with Crippen molar-refractivity contribution in [1.82, 2.24) is 18.7 Å². The second kappa shape index (κ2) is 14.8. The molecule has 5 aromatic heterocycles. The molecule has 2 aliphatic carbocycles. The largest absolute Gasteiger partial charge is 0.456 e. The molecular weight excluding hydrogens is 829 g/mol. The number of pyridine rings is 1. The molecule has 15 rings (SSSR count). The van der Waals surface area contributed by atoms with Gasteiger partial charge in [0.2, 0.25) is 0 Å². The van der Waals surface area contributed by atoms with Gasteiger partial charge in [0.25, 0.3) is 0 Å². The van der Waals surface area contributed by atoms with Crippen LogP contribution in [0.4, 0.5) is 0 Å². The van der Waals surface area contributed by atoms with E-state index in [1.54, 1.807) is 0 Å². The number of furan rings is 1. The van der Waals surface area contributed by atoms with Crippen LogP contribution in [0.25, 0.3) is 116 Å². The van der Waals surface area contributed by atoms with E-state index in [2.05, 4.69) is 184 Å². The standard InChI is InChI=1S/C63H48N4O/c1-2-12-39(11-1)41-21-26-60-52(31-41)53-32-42(40-13-3-4-14-40)22-27-61(53)65(60)45-25-30-63-55(36-45)54-34-44(24-29-62(54)68-63)43-23-28-59-51(33-43)50-17-7-10-20-58(50)67(59)47-35-46(37-64-38-47)66-56-18-8-5-15-48(56)49-16-6-9-19-57(49)66/h5-10,15-40H,1-4,11-14H2. The fourth-order valence-electron chi connectivity index (χ4n) is 12.7.